The molecule has 0 heterocycles. The molecule has 1 N–H and O–H groups in total. The van der Waals surface area contributed by atoms with Crippen LogP contribution in [-0.2, 0) is 0 Å². The summed E-state index contributed by atoms with van der Waals surface area (Å²) in [6, 6.07) is 8.67. The number of halogens is 3. The summed E-state index contributed by atoms with van der Waals surface area (Å²) < 4.78 is 49.2. The first kappa shape index (κ1) is 24.8. The van der Waals surface area contributed by atoms with Crippen LogP contribution in [0.4, 0.5) is 13.2 Å². The number of hydrogen-bond acceptors (Lipinski definition) is 2. The van der Waals surface area contributed by atoms with Crippen LogP contribution in [0.3, 0.4) is 0 Å². The Labute approximate surface area is 200 Å². The molecule has 0 radical (unpaired) electrons. The van der Waals surface area contributed by atoms with E-state index in [1.807, 2.05) is 19.1 Å². The van der Waals surface area contributed by atoms with Crippen LogP contribution in [0.5, 0.6) is 5.75 Å². The molecule has 0 unspecified atom stereocenters. The van der Waals surface area contributed by atoms with E-state index in [9.17, 15) is 18.3 Å². The molecule has 34 heavy (non-hydrogen) atoms. The molecule has 0 saturated heterocycles. The number of ether oxygens (including phenoxy) is 1. The third-order valence-electron chi connectivity index (χ3n) is 7.73. The van der Waals surface area contributed by atoms with E-state index in [0.717, 1.165) is 56.9 Å². The fourth-order valence-electron chi connectivity index (χ4n) is 5.61. The van der Waals surface area contributed by atoms with Crippen molar-refractivity contribution in [3.63, 3.8) is 0 Å². The minimum Gasteiger partial charge on any atom is -0.491 e. The maximum absolute atomic E-state index is 14.8. The number of aliphatic hydroxyl groups is 1. The quantitative estimate of drug-likeness (QED) is 0.446. The van der Waals surface area contributed by atoms with Gasteiger partial charge in [0.1, 0.15) is 0 Å². The van der Waals surface area contributed by atoms with E-state index in [1.165, 1.54) is 0 Å². The van der Waals surface area contributed by atoms with Crippen LogP contribution >= 0.6 is 0 Å². The van der Waals surface area contributed by atoms with Crippen molar-refractivity contribution in [3.05, 3.63) is 70.5 Å². The Morgan fingerprint density at radius 2 is 1.59 bits per heavy atom. The van der Waals surface area contributed by atoms with Gasteiger partial charge >= 0.3 is 0 Å². The molecule has 0 atom stereocenters. The van der Waals surface area contributed by atoms with Gasteiger partial charge in [-0.15, -0.1) is 0 Å². The molecule has 2 saturated carbocycles. The Morgan fingerprint density at radius 1 is 0.882 bits per heavy atom. The first-order valence-corrected chi connectivity index (χ1v) is 12.7. The molecular formula is C29H35F3O2. The zero-order chi connectivity index (χ0) is 24.1. The van der Waals surface area contributed by atoms with Gasteiger partial charge in [-0.1, -0.05) is 30.4 Å². The van der Waals surface area contributed by atoms with Gasteiger partial charge in [0.2, 0.25) is 0 Å². The monoisotopic (exact) mass is 472 g/mol. The molecule has 2 aliphatic carbocycles. The van der Waals surface area contributed by atoms with Crippen molar-refractivity contribution in [2.45, 2.75) is 70.1 Å². The van der Waals surface area contributed by atoms with E-state index < -0.39 is 11.6 Å². The van der Waals surface area contributed by atoms with Crippen LogP contribution < -0.4 is 4.74 Å². The molecule has 2 nitrogen and oxygen atoms in total. The molecule has 4 rings (SSSR count). The normalized spacial score (nSPS) is 25.6. The predicted octanol–water partition coefficient (Wildman–Crippen LogP) is 7.76. The topological polar surface area (TPSA) is 29.5 Å². The fraction of sp³-hybridized carbons (Fsp3) is 0.517. The minimum atomic E-state index is -0.767. The molecule has 0 amide bonds. The third kappa shape index (κ3) is 5.68. The van der Waals surface area contributed by atoms with Crippen molar-refractivity contribution < 1.29 is 23.0 Å². The van der Waals surface area contributed by atoms with Gasteiger partial charge in [-0.3, -0.25) is 0 Å². The van der Waals surface area contributed by atoms with E-state index >= 15 is 0 Å². The van der Waals surface area contributed by atoms with E-state index in [1.54, 1.807) is 30.3 Å². The van der Waals surface area contributed by atoms with Gasteiger partial charge in [0, 0.05) is 12.2 Å². The van der Waals surface area contributed by atoms with E-state index in [4.69, 9.17) is 4.74 Å². The Bertz CT molecular complexity index is 987. The Kier molecular flexibility index (Phi) is 8.36. The van der Waals surface area contributed by atoms with Gasteiger partial charge in [0.25, 0.3) is 0 Å². The smallest absolute Gasteiger partial charge is 0.166 e. The van der Waals surface area contributed by atoms with Gasteiger partial charge in [0.15, 0.2) is 23.2 Å². The standard InChI is InChI=1S/C29H35F3O2/c1-2-34-27-16-14-24(17-26(27)30)21-8-3-19(4-9-21)5-12-23-13-15-25(29(32)28(23)31)22-10-6-20(18-33)7-11-22/h5,12-17,19-22,33H,2-4,6-11,18H2,1H3. The zero-order valence-corrected chi connectivity index (χ0v) is 19.9. The number of aliphatic hydroxyl groups excluding tert-OH is 1. The van der Waals surface area contributed by atoms with Crippen molar-refractivity contribution in [2.75, 3.05) is 13.2 Å². The molecule has 0 spiro atoms. The van der Waals surface area contributed by atoms with Crippen LogP contribution in [0.25, 0.3) is 6.08 Å². The number of benzene rings is 2. The lowest BCUT2D eigenvalue weighted by Gasteiger charge is -2.28. The van der Waals surface area contributed by atoms with Crippen LogP contribution in [-0.4, -0.2) is 18.3 Å². The van der Waals surface area contributed by atoms with Crippen LogP contribution in [0, 0.1) is 29.3 Å². The van der Waals surface area contributed by atoms with Gasteiger partial charge < -0.3 is 9.84 Å². The maximum atomic E-state index is 14.8. The molecule has 0 aromatic heterocycles. The molecular weight excluding hydrogens is 437 g/mol. The summed E-state index contributed by atoms with van der Waals surface area (Å²) in [7, 11) is 0. The summed E-state index contributed by atoms with van der Waals surface area (Å²) in [6.07, 6.45) is 10.8. The van der Waals surface area contributed by atoms with Crippen molar-refractivity contribution in [1.29, 1.82) is 0 Å². The highest BCUT2D eigenvalue weighted by Gasteiger charge is 2.26. The third-order valence-corrected chi connectivity index (χ3v) is 7.73. The number of allylic oxidation sites excluding steroid dienone is 1. The first-order valence-electron chi connectivity index (χ1n) is 12.7. The second kappa shape index (κ2) is 11.4. The summed E-state index contributed by atoms with van der Waals surface area (Å²) in [4.78, 5) is 0. The minimum absolute atomic E-state index is 0.0260. The van der Waals surface area contributed by atoms with Crippen LogP contribution in [0.1, 0.15) is 86.8 Å². The van der Waals surface area contributed by atoms with E-state index in [0.29, 0.717) is 35.3 Å². The maximum Gasteiger partial charge on any atom is 0.166 e. The lowest BCUT2D eigenvalue weighted by atomic mass is 9.78. The molecule has 2 aromatic carbocycles. The lowest BCUT2D eigenvalue weighted by molar-refractivity contribution is 0.181. The van der Waals surface area contributed by atoms with E-state index in [-0.39, 0.29) is 24.3 Å². The Hall–Kier alpha value is -2.27. The average Bonchev–Trinajstić information content (AvgIpc) is 2.87. The molecule has 2 fully saturated rings. The summed E-state index contributed by atoms with van der Waals surface area (Å²) in [5.74, 6) is -0.589. The highest BCUT2D eigenvalue weighted by atomic mass is 19.2. The summed E-state index contributed by atoms with van der Waals surface area (Å²) in [5.41, 5.74) is 1.76. The summed E-state index contributed by atoms with van der Waals surface area (Å²) in [6.45, 7) is 2.44. The lowest BCUT2D eigenvalue weighted by Crippen LogP contribution is -2.17. The predicted molar refractivity (Wildman–Crippen MR) is 129 cm³/mol. The average molecular weight is 473 g/mol. The summed E-state index contributed by atoms with van der Waals surface area (Å²) >= 11 is 0. The van der Waals surface area contributed by atoms with E-state index in [2.05, 4.69) is 0 Å². The second-order valence-corrected chi connectivity index (χ2v) is 9.87. The Morgan fingerprint density at radius 3 is 2.24 bits per heavy atom. The SMILES string of the molecule is CCOc1ccc(C2CCC(C=Cc3ccc(C4CCC(CO)CC4)c(F)c3F)CC2)cc1F. The van der Waals surface area contributed by atoms with Gasteiger partial charge in [-0.2, -0.15) is 0 Å². The van der Waals surface area contributed by atoms with Gasteiger partial charge in [0.05, 0.1) is 6.61 Å². The van der Waals surface area contributed by atoms with Crippen LogP contribution in [0.2, 0.25) is 0 Å². The Balaban J connectivity index is 1.35. The fourth-order valence-corrected chi connectivity index (χ4v) is 5.61. The molecule has 2 aromatic rings. The second-order valence-electron chi connectivity index (χ2n) is 9.87. The largest absolute Gasteiger partial charge is 0.491 e. The molecule has 0 bridgehead atoms. The zero-order valence-electron chi connectivity index (χ0n) is 19.9. The van der Waals surface area contributed by atoms with Gasteiger partial charge in [-0.25, -0.2) is 13.2 Å². The molecule has 184 valence electrons. The molecule has 5 heteroatoms. The van der Waals surface area contributed by atoms with Crippen molar-refractivity contribution >= 4 is 6.08 Å². The highest BCUT2D eigenvalue weighted by Crippen LogP contribution is 2.39. The number of rotatable bonds is 7. The highest BCUT2D eigenvalue weighted by molar-refractivity contribution is 5.52. The molecule has 2 aliphatic rings. The molecule has 0 aliphatic heterocycles. The first-order chi connectivity index (χ1) is 16.5. The van der Waals surface area contributed by atoms with Crippen LogP contribution in [0.15, 0.2) is 36.4 Å². The van der Waals surface area contributed by atoms with Crippen molar-refractivity contribution in [3.8, 4) is 5.75 Å². The van der Waals surface area contributed by atoms with Crippen molar-refractivity contribution in [2.24, 2.45) is 11.8 Å². The van der Waals surface area contributed by atoms with Gasteiger partial charge in [-0.05, 0) is 105 Å². The van der Waals surface area contributed by atoms with Crippen molar-refractivity contribution in [1.82, 2.24) is 0 Å². The summed E-state index contributed by atoms with van der Waals surface area (Å²) in [5, 5.41) is 9.30. The number of hydrogen-bond donors (Lipinski definition) is 1.